The number of amides is 2. The van der Waals surface area contributed by atoms with Crippen LogP contribution in [0.15, 0.2) is 47.8 Å². The summed E-state index contributed by atoms with van der Waals surface area (Å²) in [4.78, 5) is 28.5. The number of ether oxygens (including phenoxy) is 1. The van der Waals surface area contributed by atoms with E-state index in [1.807, 2.05) is 5.38 Å². The lowest BCUT2D eigenvalue weighted by atomic mass is 9.86. The van der Waals surface area contributed by atoms with Gasteiger partial charge in [-0.3, -0.25) is 14.9 Å². The largest absolute Gasteiger partial charge is 0.482 e. The van der Waals surface area contributed by atoms with E-state index in [1.165, 1.54) is 16.9 Å². The number of aromatic nitrogens is 1. The van der Waals surface area contributed by atoms with Gasteiger partial charge in [0.05, 0.1) is 11.4 Å². The van der Waals surface area contributed by atoms with Gasteiger partial charge in [-0.05, 0) is 29.2 Å². The Morgan fingerprint density at radius 2 is 1.93 bits per heavy atom. The fourth-order valence-electron chi connectivity index (χ4n) is 2.99. The third kappa shape index (κ3) is 4.14. The van der Waals surface area contributed by atoms with E-state index < -0.39 is 0 Å². The van der Waals surface area contributed by atoms with Crippen molar-refractivity contribution in [3.8, 4) is 17.0 Å². The smallest absolute Gasteiger partial charge is 0.262 e. The molecule has 29 heavy (non-hydrogen) atoms. The van der Waals surface area contributed by atoms with E-state index in [0.29, 0.717) is 22.1 Å². The standard InChI is InChI=1S/C22H21N3O3S/c1-22(2,3)15-7-4-13(5-8-15)17-12-29-21(24-17)25-20(27)14-6-9-16-18(10-14)28-11-19(26)23-16/h4-10,12H,11H2,1-3H3,(H,23,26)(H,24,25,27). The van der Waals surface area contributed by atoms with Crippen molar-refractivity contribution in [3.05, 3.63) is 59.0 Å². The fraction of sp³-hybridized carbons (Fsp3) is 0.227. The molecule has 7 heteroatoms. The van der Waals surface area contributed by atoms with Gasteiger partial charge in [-0.2, -0.15) is 0 Å². The maximum atomic E-state index is 12.6. The van der Waals surface area contributed by atoms with Crippen LogP contribution >= 0.6 is 11.3 Å². The van der Waals surface area contributed by atoms with Crippen LogP contribution < -0.4 is 15.4 Å². The van der Waals surface area contributed by atoms with E-state index in [2.05, 4.69) is 60.7 Å². The summed E-state index contributed by atoms with van der Waals surface area (Å²) >= 11 is 1.37. The molecule has 2 heterocycles. The summed E-state index contributed by atoms with van der Waals surface area (Å²) in [5.41, 5.74) is 4.19. The molecule has 6 nitrogen and oxygen atoms in total. The maximum Gasteiger partial charge on any atom is 0.262 e. The molecule has 1 aliphatic rings. The van der Waals surface area contributed by atoms with Gasteiger partial charge in [-0.15, -0.1) is 11.3 Å². The number of hydrogen-bond acceptors (Lipinski definition) is 5. The Labute approximate surface area is 172 Å². The van der Waals surface area contributed by atoms with Gasteiger partial charge in [0.1, 0.15) is 5.75 Å². The van der Waals surface area contributed by atoms with Crippen molar-refractivity contribution in [3.63, 3.8) is 0 Å². The van der Waals surface area contributed by atoms with Crippen LogP contribution in [0, 0.1) is 0 Å². The zero-order valence-corrected chi connectivity index (χ0v) is 17.2. The van der Waals surface area contributed by atoms with Crippen LogP contribution in [-0.2, 0) is 10.2 Å². The molecule has 1 aromatic heterocycles. The minimum absolute atomic E-state index is 0.0537. The molecule has 4 rings (SSSR count). The average Bonchev–Trinajstić information content (AvgIpc) is 3.15. The van der Waals surface area contributed by atoms with Crippen molar-refractivity contribution in [2.45, 2.75) is 26.2 Å². The van der Waals surface area contributed by atoms with Gasteiger partial charge in [0.2, 0.25) is 0 Å². The Hall–Kier alpha value is -3.19. The van der Waals surface area contributed by atoms with Crippen molar-refractivity contribution >= 4 is 34.0 Å². The molecular weight excluding hydrogens is 386 g/mol. The predicted octanol–water partition coefficient (Wildman–Crippen LogP) is 4.69. The molecule has 2 amide bonds. The van der Waals surface area contributed by atoms with E-state index in [0.717, 1.165) is 11.3 Å². The van der Waals surface area contributed by atoms with Gasteiger partial charge in [0.25, 0.3) is 11.8 Å². The number of nitrogens with zero attached hydrogens (tertiary/aromatic N) is 1. The number of carbonyl (C=O) groups excluding carboxylic acids is 2. The van der Waals surface area contributed by atoms with Crippen molar-refractivity contribution in [2.75, 3.05) is 17.2 Å². The Morgan fingerprint density at radius 3 is 2.66 bits per heavy atom. The van der Waals surface area contributed by atoms with Crippen molar-refractivity contribution in [1.82, 2.24) is 4.98 Å². The first kappa shape index (κ1) is 19.1. The molecule has 148 valence electrons. The molecule has 3 aromatic rings. The summed E-state index contributed by atoms with van der Waals surface area (Å²) in [5, 5.41) is 7.98. The fourth-order valence-corrected chi connectivity index (χ4v) is 3.70. The first-order valence-electron chi connectivity index (χ1n) is 9.24. The number of hydrogen-bond donors (Lipinski definition) is 2. The summed E-state index contributed by atoms with van der Waals surface area (Å²) < 4.78 is 5.37. The van der Waals surface area contributed by atoms with Gasteiger partial charge in [0, 0.05) is 16.5 Å². The second-order valence-electron chi connectivity index (χ2n) is 7.87. The highest BCUT2D eigenvalue weighted by molar-refractivity contribution is 7.14. The second kappa shape index (κ2) is 7.33. The number of anilines is 2. The molecule has 0 radical (unpaired) electrons. The van der Waals surface area contributed by atoms with E-state index in [1.54, 1.807) is 18.2 Å². The molecule has 0 saturated carbocycles. The number of nitrogens with one attached hydrogen (secondary N) is 2. The third-order valence-corrected chi connectivity index (χ3v) is 5.41. The van der Waals surface area contributed by atoms with Crippen molar-refractivity contribution in [1.29, 1.82) is 0 Å². The monoisotopic (exact) mass is 407 g/mol. The number of benzene rings is 2. The molecule has 2 N–H and O–H groups in total. The Morgan fingerprint density at radius 1 is 1.17 bits per heavy atom. The molecule has 0 aliphatic carbocycles. The molecule has 0 spiro atoms. The number of thiazole rings is 1. The maximum absolute atomic E-state index is 12.6. The molecule has 0 saturated heterocycles. The van der Waals surface area contributed by atoms with Gasteiger partial charge in [0.15, 0.2) is 11.7 Å². The minimum Gasteiger partial charge on any atom is -0.482 e. The Kier molecular flexibility index (Phi) is 4.84. The zero-order chi connectivity index (χ0) is 20.6. The molecule has 0 fully saturated rings. The average molecular weight is 407 g/mol. The van der Waals surface area contributed by atoms with Gasteiger partial charge < -0.3 is 10.1 Å². The summed E-state index contributed by atoms with van der Waals surface area (Å²) in [6.45, 7) is 6.48. The van der Waals surface area contributed by atoms with Gasteiger partial charge >= 0.3 is 0 Å². The van der Waals surface area contributed by atoms with Crippen LogP contribution in [0.1, 0.15) is 36.7 Å². The van der Waals surface area contributed by atoms with E-state index in [4.69, 9.17) is 4.74 Å². The normalized spacial score (nSPS) is 13.3. The first-order valence-corrected chi connectivity index (χ1v) is 10.1. The van der Waals surface area contributed by atoms with E-state index >= 15 is 0 Å². The van der Waals surface area contributed by atoms with Crippen molar-refractivity contribution < 1.29 is 14.3 Å². The first-order chi connectivity index (χ1) is 13.8. The highest BCUT2D eigenvalue weighted by Crippen LogP contribution is 2.30. The molecule has 2 aromatic carbocycles. The summed E-state index contributed by atoms with van der Waals surface area (Å²) in [7, 11) is 0. The Bertz CT molecular complexity index is 1080. The van der Waals surface area contributed by atoms with E-state index in [-0.39, 0.29) is 23.8 Å². The van der Waals surface area contributed by atoms with Crippen molar-refractivity contribution in [2.24, 2.45) is 0 Å². The van der Waals surface area contributed by atoms with Gasteiger partial charge in [-0.1, -0.05) is 45.0 Å². The summed E-state index contributed by atoms with van der Waals surface area (Å²) in [6.07, 6.45) is 0. The van der Waals surface area contributed by atoms with Crippen LogP contribution in [0.4, 0.5) is 10.8 Å². The molecular formula is C22H21N3O3S. The SMILES string of the molecule is CC(C)(C)c1ccc(-c2csc(NC(=O)c3ccc4c(c3)OCC(=O)N4)n2)cc1. The molecule has 0 unspecified atom stereocenters. The zero-order valence-electron chi connectivity index (χ0n) is 16.4. The highest BCUT2D eigenvalue weighted by Gasteiger charge is 2.19. The second-order valence-corrected chi connectivity index (χ2v) is 8.73. The van der Waals surface area contributed by atoms with Crippen LogP contribution in [0.5, 0.6) is 5.75 Å². The molecule has 1 aliphatic heterocycles. The lowest BCUT2D eigenvalue weighted by Crippen LogP contribution is -2.25. The number of rotatable bonds is 3. The Balaban J connectivity index is 1.48. The lowest BCUT2D eigenvalue weighted by Gasteiger charge is -2.18. The number of fused-ring (bicyclic) bond motifs is 1. The van der Waals surface area contributed by atoms with Crippen LogP contribution in [-0.4, -0.2) is 23.4 Å². The van der Waals surface area contributed by atoms with Gasteiger partial charge in [-0.25, -0.2) is 4.98 Å². The molecule has 0 bridgehead atoms. The highest BCUT2D eigenvalue weighted by atomic mass is 32.1. The quantitative estimate of drug-likeness (QED) is 0.660. The van der Waals surface area contributed by atoms with Crippen LogP contribution in [0.25, 0.3) is 11.3 Å². The topological polar surface area (TPSA) is 80.3 Å². The minimum atomic E-state index is -0.280. The van der Waals surface area contributed by atoms with Crippen LogP contribution in [0.2, 0.25) is 0 Å². The molecule has 0 atom stereocenters. The van der Waals surface area contributed by atoms with E-state index in [9.17, 15) is 9.59 Å². The third-order valence-electron chi connectivity index (χ3n) is 4.65. The summed E-state index contributed by atoms with van der Waals surface area (Å²) in [5.74, 6) is -0.00570. The van der Waals surface area contributed by atoms with Crippen LogP contribution in [0.3, 0.4) is 0 Å². The lowest BCUT2D eigenvalue weighted by molar-refractivity contribution is -0.118. The summed E-state index contributed by atoms with van der Waals surface area (Å²) in [6, 6.07) is 13.2. The predicted molar refractivity (Wildman–Crippen MR) is 115 cm³/mol. The number of carbonyl (C=O) groups is 2.